The summed E-state index contributed by atoms with van der Waals surface area (Å²) in [5.41, 5.74) is 0.913. The van der Waals surface area contributed by atoms with E-state index in [4.69, 9.17) is 24.2 Å². The number of anilines is 1. The third kappa shape index (κ3) is 4.23. The highest BCUT2D eigenvalue weighted by Gasteiger charge is 2.52. The largest absolute Gasteiger partial charge is 0.452 e. The maximum Gasteiger partial charge on any atom is 0.409 e. The lowest BCUT2D eigenvalue weighted by molar-refractivity contribution is -0.0628. The molecule has 0 unspecified atom stereocenters. The molecule has 3 heterocycles. The second-order valence-corrected chi connectivity index (χ2v) is 7.44. The van der Waals surface area contributed by atoms with Crippen LogP contribution in [0.15, 0.2) is 41.3 Å². The molecular formula is C20H20N4O9. The molecule has 2 aliphatic heterocycles. The standard InChI is InChI=1S/C20H20N4O9/c1-23(2)20(28)30-9-12-14-15(16(31-12)24-8-7-13(22-29)21-19(24)27)33-18(26)11-6-4-3-5-10(11)17(25)32-14/h3-8,12,14-16,29H,9H2,1-2H3,(H,21,22,27)/t12-,14-,15-,16-/m1/s1. The highest BCUT2D eigenvalue weighted by molar-refractivity contribution is 6.03. The van der Waals surface area contributed by atoms with Gasteiger partial charge in [0.05, 0.1) is 11.1 Å². The van der Waals surface area contributed by atoms with Gasteiger partial charge in [0.1, 0.15) is 12.7 Å². The van der Waals surface area contributed by atoms with Gasteiger partial charge in [0.15, 0.2) is 24.3 Å². The van der Waals surface area contributed by atoms with Crippen LogP contribution < -0.4 is 11.2 Å². The van der Waals surface area contributed by atoms with Gasteiger partial charge < -0.3 is 23.8 Å². The lowest BCUT2D eigenvalue weighted by Gasteiger charge is -2.27. The molecule has 33 heavy (non-hydrogen) atoms. The fraction of sp³-hybridized carbons (Fsp3) is 0.350. The van der Waals surface area contributed by atoms with E-state index < -0.39 is 48.3 Å². The van der Waals surface area contributed by atoms with E-state index in [1.54, 1.807) is 17.6 Å². The maximum absolute atomic E-state index is 12.8. The summed E-state index contributed by atoms with van der Waals surface area (Å²) in [7, 11) is 2.97. The number of hydrogen-bond acceptors (Lipinski definition) is 11. The Morgan fingerprint density at radius 1 is 1.12 bits per heavy atom. The number of esters is 2. The Morgan fingerprint density at radius 3 is 2.33 bits per heavy atom. The van der Waals surface area contributed by atoms with E-state index in [0.717, 1.165) is 4.57 Å². The zero-order valence-corrected chi connectivity index (χ0v) is 17.5. The Labute approximate surface area is 186 Å². The first-order chi connectivity index (χ1) is 15.8. The van der Waals surface area contributed by atoms with Crippen LogP contribution in [0, 0.1) is 0 Å². The third-order valence-electron chi connectivity index (χ3n) is 5.09. The Hall–Kier alpha value is -3.97. The maximum atomic E-state index is 12.8. The number of ether oxygens (including phenoxy) is 4. The average Bonchev–Trinajstić information content (AvgIpc) is 3.12. The number of aromatic nitrogens is 2. The molecule has 174 valence electrons. The summed E-state index contributed by atoms with van der Waals surface area (Å²) < 4.78 is 23.3. The topological polar surface area (TPSA) is 159 Å². The molecule has 13 nitrogen and oxygen atoms in total. The fourth-order valence-electron chi connectivity index (χ4n) is 3.50. The summed E-state index contributed by atoms with van der Waals surface area (Å²) in [6, 6.07) is 7.25. The molecule has 4 rings (SSSR count). The molecule has 1 aromatic carbocycles. The molecule has 0 bridgehead atoms. The Kier molecular flexibility index (Phi) is 5.98. The van der Waals surface area contributed by atoms with Crippen molar-refractivity contribution in [3.05, 3.63) is 58.1 Å². The Morgan fingerprint density at radius 2 is 1.76 bits per heavy atom. The second-order valence-electron chi connectivity index (χ2n) is 7.44. The molecule has 1 fully saturated rings. The van der Waals surface area contributed by atoms with Crippen molar-refractivity contribution < 1.29 is 38.5 Å². The number of nitrogens with zero attached hydrogens (tertiary/aromatic N) is 3. The molecule has 2 aromatic rings. The lowest BCUT2D eigenvalue weighted by atomic mass is 10.0. The van der Waals surface area contributed by atoms with Crippen LogP contribution in [0.1, 0.15) is 26.9 Å². The van der Waals surface area contributed by atoms with Gasteiger partial charge >= 0.3 is 23.7 Å². The molecule has 0 spiro atoms. The van der Waals surface area contributed by atoms with Gasteiger partial charge in [0.25, 0.3) is 0 Å². The molecule has 0 saturated carbocycles. The minimum Gasteiger partial charge on any atom is -0.452 e. The number of hydrogen-bond donors (Lipinski definition) is 2. The minimum atomic E-state index is -1.26. The summed E-state index contributed by atoms with van der Waals surface area (Å²) in [4.78, 5) is 54.9. The van der Waals surface area contributed by atoms with Crippen molar-refractivity contribution in [2.24, 2.45) is 0 Å². The molecule has 0 aliphatic carbocycles. The van der Waals surface area contributed by atoms with Crippen molar-refractivity contribution in [3.8, 4) is 0 Å². The van der Waals surface area contributed by atoms with E-state index in [1.165, 1.54) is 43.4 Å². The van der Waals surface area contributed by atoms with E-state index in [0.29, 0.717) is 0 Å². The number of rotatable bonds is 4. The van der Waals surface area contributed by atoms with Gasteiger partial charge in [-0.1, -0.05) is 12.1 Å². The monoisotopic (exact) mass is 460 g/mol. The van der Waals surface area contributed by atoms with Gasteiger partial charge in [-0.15, -0.1) is 0 Å². The van der Waals surface area contributed by atoms with E-state index in [9.17, 15) is 19.2 Å². The first-order valence-corrected chi connectivity index (χ1v) is 9.80. The highest BCUT2D eigenvalue weighted by atomic mass is 16.7. The normalized spacial score (nSPS) is 23.8. The lowest BCUT2D eigenvalue weighted by Crippen LogP contribution is -2.44. The summed E-state index contributed by atoms with van der Waals surface area (Å²) in [6.07, 6.45) is -4.19. The molecule has 1 aromatic heterocycles. The van der Waals surface area contributed by atoms with E-state index in [1.807, 2.05) is 0 Å². The number of fused-ring (bicyclic) bond motifs is 2. The SMILES string of the molecule is CN(C)C(=O)OC[C@H]1O[C@@H](n2ccc(NO)nc2=O)[C@@H]2OC(=O)c3ccccc3C(=O)O[C@@H]21. The van der Waals surface area contributed by atoms with Crippen LogP contribution in [0.4, 0.5) is 10.6 Å². The second kappa shape index (κ2) is 8.88. The first kappa shape index (κ1) is 22.2. The van der Waals surface area contributed by atoms with Gasteiger partial charge in [-0.05, 0) is 18.2 Å². The van der Waals surface area contributed by atoms with Gasteiger partial charge in [-0.2, -0.15) is 4.98 Å². The van der Waals surface area contributed by atoms with Crippen molar-refractivity contribution in [2.45, 2.75) is 24.5 Å². The zero-order chi connectivity index (χ0) is 23.7. The molecular weight excluding hydrogens is 440 g/mol. The number of nitrogens with one attached hydrogen (secondary N) is 1. The van der Waals surface area contributed by atoms with Gasteiger partial charge in [-0.3, -0.25) is 15.3 Å². The molecule has 2 N–H and O–H groups in total. The summed E-state index contributed by atoms with van der Waals surface area (Å²) in [5.74, 6) is -1.72. The van der Waals surface area contributed by atoms with Crippen LogP contribution in [0.5, 0.6) is 0 Å². The molecule has 0 radical (unpaired) electrons. The molecule has 1 saturated heterocycles. The van der Waals surface area contributed by atoms with Crippen molar-refractivity contribution in [3.63, 3.8) is 0 Å². The summed E-state index contributed by atoms with van der Waals surface area (Å²) in [6.45, 7) is -0.348. The molecule has 13 heteroatoms. The summed E-state index contributed by atoms with van der Waals surface area (Å²) >= 11 is 0. The smallest absolute Gasteiger partial charge is 0.409 e. The molecule has 4 atom stereocenters. The molecule has 1 amide bonds. The minimum absolute atomic E-state index is 0.00522. The average molecular weight is 460 g/mol. The number of benzene rings is 1. The predicted octanol–water partition coefficient (Wildman–Crippen LogP) is 0.405. The van der Waals surface area contributed by atoms with Gasteiger partial charge in [-0.25, -0.2) is 19.2 Å². The Balaban J connectivity index is 1.72. The number of amides is 1. The van der Waals surface area contributed by atoms with Gasteiger partial charge in [0.2, 0.25) is 0 Å². The van der Waals surface area contributed by atoms with Crippen LogP contribution in [-0.2, 0) is 18.9 Å². The van der Waals surface area contributed by atoms with Gasteiger partial charge in [0, 0.05) is 20.3 Å². The quantitative estimate of drug-likeness (QED) is 0.370. The van der Waals surface area contributed by atoms with Crippen molar-refractivity contribution in [2.75, 3.05) is 26.2 Å². The molecule has 2 aliphatic rings. The van der Waals surface area contributed by atoms with Crippen molar-refractivity contribution >= 4 is 23.8 Å². The summed E-state index contributed by atoms with van der Waals surface area (Å²) in [5, 5.41) is 8.97. The third-order valence-corrected chi connectivity index (χ3v) is 5.09. The van der Waals surface area contributed by atoms with Crippen LogP contribution in [0.3, 0.4) is 0 Å². The van der Waals surface area contributed by atoms with E-state index in [-0.39, 0.29) is 23.6 Å². The van der Waals surface area contributed by atoms with Crippen LogP contribution in [-0.4, -0.2) is 76.7 Å². The zero-order valence-electron chi connectivity index (χ0n) is 17.5. The van der Waals surface area contributed by atoms with Crippen LogP contribution in [0.2, 0.25) is 0 Å². The van der Waals surface area contributed by atoms with Crippen LogP contribution >= 0.6 is 0 Å². The number of carbonyl (C=O) groups is 3. The van der Waals surface area contributed by atoms with E-state index in [2.05, 4.69) is 4.98 Å². The first-order valence-electron chi connectivity index (χ1n) is 9.80. The van der Waals surface area contributed by atoms with E-state index >= 15 is 0 Å². The predicted molar refractivity (Wildman–Crippen MR) is 108 cm³/mol. The van der Waals surface area contributed by atoms with Crippen molar-refractivity contribution in [1.29, 1.82) is 0 Å². The highest BCUT2D eigenvalue weighted by Crippen LogP contribution is 2.36. The van der Waals surface area contributed by atoms with Crippen molar-refractivity contribution in [1.82, 2.24) is 14.5 Å². The fourth-order valence-corrected chi connectivity index (χ4v) is 3.50. The Bertz CT molecular complexity index is 1150. The number of carbonyl (C=O) groups excluding carboxylic acids is 3. The van der Waals surface area contributed by atoms with Crippen LogP contribution in [0.25, 0.3) is 0 Å².